The number of benzene rings is 2. The van der Waals surface area contributed by atoms with Crippen LogP contribution in [0.4, 0.5) is 10.1 Å². The number of halogens is 1. The minimum Gasteiger partial charge on any atom is -0.456 e. The van der Waals surface area contributed by atoms with E-state index in [9.17, 15) is 19.8 Å². The van der Waals surface area contributed by atoms with Gasteiger partial charge in [0.1, 0.15) is 17.3 Å². The van der Waals surface area contributed by atoms with Crippen LogP contribution in [-0.2, 0) is 0 Å². The Hall–Kier alpha value is -3.72. The first kappa shape index (κ1) is 16.1. The van der Waals surface area contributed by atoms with E-state index in [1.54, 1.807) is 36.4 Å². The van der Waals surface area contributed by atoms with Crippen LogP contribution in [-0.4, -0.2) is 4.92 Å². The fraction of sp³-hybridized carbons (Fsp3) is 0. The van der Waals surface area contributed by atoms with Gasteiger partial charge in [0.25, 0.3) is 5.69 Å². The first-order valence-corrected chi connectivity index (χ1v) is 7.30. The number of nitro benzene ring substituents is 1. The van der Waals surface area contributed by atoms with Crippen LogP contribution in [0.2, 0.25) is 0 Å². The molecule has 0 unspecified atom stereocenters. The summed E-state index contributed by atoms with van der Waals surface area (Å²) in [4.78, 5) is 10.6. The molecule has 122 valence electrons. The van der Waals surface area contributed by atoms with Crippen molar-refractivity contribution in [2.45, 2.75) is 0 Å². The molecule has 0 bridgehead atoms. The Labute approximate surface area is 142 Å². The Kier molecular flexibility index (Phi) is 4.40. The Morgan fingerprint density at radius 1 is 1.12 bits per heavy atom. The van der Waals surface area contributed by atoms with Gasteiger partial charge in [0.2, 0.25) is 0 Å². The lowest BCUT2D eigenvalue weighted by Gasteiger charge is -2.00. The molecule has 6 heteroatoms. The van der Waals surface area contributed by atoms with Crippen molar-refractivity contribution in [3.05, 3.63) is 87.9 Å². The van der Waals surface area contributed by atoms with Gasteiger partial charge in [0.05, 0.1) is 22.1 Å². The van der Waals surface area contributed by atoms with Gasteiger partial charge in [0, 0.05) is 11.6 Å². The highest BCUT2D eigenvalue weighted by molar-refractivity contribution is 5.89. The van der Waals surface area contributed by atoms with E-state index in [2.05, 4.69) is 0 Å². The van der Waals surface area contributed by atoms with E-state index in [0.717, 1.165) is 0 Å². The third-order valence-corrected chi connectivity index (χ3v) is 3.56. The zero-order valence-electron chi connectivity index (χ0n) is 12.8. The molecule has 0 saturated carbocycles. The third kappa shape index (κ3) is 3.31. The lowest BCUT2D eigenvalue weighted by atomic mass is 10.1. The molecule has 0 radical (unpaired) electrons. The van der Waals surface area contributed by atoms with E-state index in [1.165, 1.54) is 30.3 Å². The van der Waals surface area contributed by atoms with Crippen molar-refractivity contribution in [2.75, 3.05) is 0 Å². The first-order chi connectivity index (χ1) is 12.1. The second-order valence-electron chi connectivity index (χ2n) is 5.13. The highest BCUT2D eigenvalue weighted by Crippen LogP contribution is 2.32. The lowest BCUT2D eigenvalue weighted by Crippen LogP contribution is -1.90. The molecule has 0 amide bonds. The molecule has 5 nitrogen and oxygen atoms in total. The molecule has 0 aliphatic rings. The van der Waals surface area contributed by atoms with Gasteiger partial charge >= 0.3 is 0 Å². The molecular weight excluding hydrogens is 323 g/mol. The summed E-state index contributed by atoms with van der Waals surface area (Å²) in [5, 5.41) is 20.4. The van der Waals surface area contributed by atoms with E-state index in [4.69, 9.17) is 4.42 Å². The molecule has 0 saturated heterocycles. The number of furan rings is 1. The average molecular weight is 334 g/mol. The fourth-order valence-corrected chi connectivity index (χ4v) is 2.41. The van der Waals surface area contributed by atoms with Gasteiger partial charge < -0.3 is 4.42 Å². The zero-order valence-corrected chi connectivity index (χ0v) is 12.8. The number of allylic oxidation sites excluding steroid dienone is 1. The van der Waals surface area contributed by atoms with Crippen LogP contribution in [0.15, 0.2) is 65.1 Å². The Balaban J connectivity index is 2.01. The van der Waals surface area contributed by atoms with Crippen LogP contribution < -0.4 is 0 Å². The van der Waals surface area contributed by atoms with Crippen molar-refractivity contribution in [1.29, 1.82) is 5.26 Å². The van der Waals surface area contributed by atoms with Crippen molar-refractivity contribution in [3.63, 3.8) is 0 Å². The number of para-hydroxylation sites is 1. The minimum atomic E-state index is -0.513. The topological polar surface area (TPSA) is 80.1 Å². The van der Waals surface area contributed by atoms with Gasteiger partial charge in [-0.15, -0.1) is 0 Å². The third-order valence-electron chi connectivity index (χ3n) is 3.56. The average Bonchev–Trinajstić information content (AvgIpc) is 3.09. The number of hydrogen-bond acceptors (Lipinski definition) is 4. The van der Waals surface area contributed by atoms with Crippen LogP contribution in [0, 0.1) is 27.3 Å². The van der Waals surface area contributed by atoms with E-state index < -0.39 is 10.7 Å². The summed E-state index contributed by atoms with van der Waals surface area (Å²) in [5.41, 5.74) is 0.508. The van der Waals surface area contributed by atoms with Crippen LogP contribution in [0.3, 0.4) is 0 Å². The Morgan fingerprint density at radius 3 is 2.56 bits per heavy atom. The van der Waals surface area contributed by atoms with Crippen LogP contribution >= 0.6 is 0 Å². The van der Waals surface area contributed by atoms with Crippen LogP contribution in [0.5, 0.6) is 0 Å². The van der Waals surface area contributed by atoms with Crippen molar-refractivity contribution < 1.29 is 13.7 Å². The monoisotopic (exact) mass is 334 g/mol. The predicted octanol–water partition coefficient (Wildman–Crippen LogP) is 5.06. The summed E-state index contributed by atoms with van der Waals surface area (Å²) in [7, 11) is 0. The summed E-state index contributed by atoms with van der Waals surface area (Å²) in [6, 6.07) is 17.2. The van der Waals surface area contributed by atoms with Gasteiger partial charge in [-0.2, -0.15) is 5.26 Å². The van der Waals surface area contributed by atoms with Crippen molar-refractivity contribution in [1.82, 2.24) is 0 Å². The Morgan fingerprint density at radius 2 is 1.84 bits per heavy atom. The number of nitriles is 1. The highest BCUT2D eigenvalue weighted by atomic mass is 19.1. The molecule has 0 aliphatic heterocycles. The van der Waals surface area contributed by atoms with E-state index in [0.29, 0.717) is 17.1 Å². The van der Waals surface area contributed by atoms with Crippen molar-refractivity contribution >= 4 is 17.3 Å². The molecule has 1 aromatic heterocycles. The molecule has 0 fully saturated rings. The molecule has 0 atom stereocenters. The quantitative estimate of drug-likeness (QED) is 0.379. The molecule has 0 aliphatic carbocycles. The molecular formula is C19H11FN2O3. The summed E-state index contributed by atoms with van der Waals surface area (Å²) >= 11 is 0. The number of nitrogens with zero attached hydrogens (tertiary/aromatic N) is 2. The summed E-state index contributed by atoms with van der Waals surface area (Å²) in [6.07, 6.45) is 1.40. The van der Waals surface area contributed by atoms with Crippen molar-refractivity contribution in [2.24, 2.45) is 0 Å². The molecule has 0 N–H and O–H groups in total. The molecule has 3 aromatic rings. The summed E-state index contributed by atoms with van der Waals surface area (Å²) < 4.78 is 19.4. The van der Waals surface area contributed by atoms with Crippen molar-refractivity contribution in [3.8, 4) is 17.4 Å². The normalized spacial score (nSPS) is 11.1. The zero-order chi connectivity index (χ0) is 17.8. The second-order valence-corrected chi connectivity index (χ2v) is 5.13. The maximum Gasteiger partial charge on any atom is 0.280 e. The maximum absolute atomic E-state index is 13.8. The summed E-state index contributed by atoms with van der Waals surface area (Å²) in [5.74, 6) is 0.0816. The smallest absolute Gasteiger partial charge is 0.280 e. The standard InChI is InChI=1S/C19H11FN2O3/c20-17-7-3-1-5-15(17)13(12-21)11-14-9-10-19(25-14)16-6-2-4-8-18(16)22(23)24/h1-11H. The van der Waals surface area contributed by atoms with Gasteiger partial charge in [-0.1, -0.05) is 30.3 Å². The Bertz CT molecular complexity index is 1020. The van der Waals surface area contributed by atoms with Gasteiger partial charge in [-0.3, -0.25) is 10.1 Å². The predicted molar refractivity (Wildman–Crippen MR) is 90.7 cm³/mol. The second kappa shape index (κ2) is 6.81. The number of hydrogen-bond donors (Lipinski definition) is 0. The van der Waals surface area contributed by atoms with E-state index in [1.807, 2.05) is 6.07 Å². The van der Waals surface area contributed by atoms with Crippen LogP contribution in [0.1, 0.15) is 11.3 Å². The van der Waals surface area contributed by atoms with Gasteiger partial charge in [-0.25, -0.2) is 4.39 Å². The minimum absolute atomic E-state index is 0.0815. The van der Waals surface area contributed by atoms with E-state index in [-0.39, 0.29) is 16.8 Å². The molecule has 25 heavy (non-hydrogen) atoms. The molecule has 1 heterocycles. The largest absolute Gasteiger partial charge is 0.456 e. The number of nitro groups is 1. The molecule has 3 rings (SSSR count). The number of rotatable bonds is 4. The highest BCUT2D eigenvalue weighted by Gasteiger charge is 2.17. The maximum atomic E-state index is 13.8. The van der Waals surface area contributed by atoms with Gasteiger partial charge in [-0.05, 0) is 30.3 Å². The molecule has 2 aromatic carbocycles. The fourth-order valence-electron chi connectivity index (χ4n) is 2.41. The molecule has 0 spiro atoms. The first-order valence-electron chi connectivity index (χ1n) is 7.30. The SMILES string of the molecule is N#CC(=Cc1ccc(-c2ccccc2[N+](=O)[O-])o1)c1ccccc1F. The van der Waals surface area contributed by atoms with Gasteiger partial charge in [0.15, 0.2) is 0 Å². The summed E-state index contributed by atoms with van der Waals surface area (Å²) in [6.45, 7) is 0. The van der Waals surface area contributed by atoms with Crippen LogP contribution in [0.25, 0.3) is 23.0 Å². The lowest BCUT2D eigenvalue weighted by molar-refractivity contribution is -0.384. The van der Waals surface area contributed by atoms with E-state index >= 15 is 0 Å².